The summed E-state index contributed by atoms with van der Waals surface area (Å²) in [4.78, 5) is 20.4. The van der Waals surface area contributed by atoms with Crippen LogP contribution in [0.2, 0.25) is 0 Å². The van der Waals surface area contributed by atoms with E-state index in [1.165, 1.54) is 28.9 Å². The van der Waals surface area contributed by atoms with Crippen LogP contribution < -0.4 is 5.32 Å². The maximum Gasteiger partial charge on any atom is 0.270 e. The molecule has 4 heterocycles. The second-order valence-corrected chi connectivity index (χ2v) is 12.2. The number of H-pyrrole nitrogens is 1. The molecular weight excluding hydrogens is 495 g/mol. The second kappa shape index (κ2) is 9.91. The number of anilines is 1. The maximum absolute atomic E-state index is 13.6. The zero-order chi connectivity index (χ0) is 27.4. The molecular formula is C31H39FN4O3. The molecule has 1 aromatic heterocycles. The number of rotatable bonds is 5. The van der Waals surface area contributed by atoms with Crippen LogP contribution in [0.3, 0.4) is 0 Å². The van der Waals surface area contributed by atoms with Crippen molar-refractivity contribution >= 4 is 22.5 Å². The van der Waals surface area contributed by atoms with Gasteiger partial charge >= 0.3 is 0 Å². The molecule has 3 aromatic rings. The van der Waals surface area contributed by atoms with Gasteiger partial charge in [-0.3, -0.25) is 4.79 Å². The number of aryl methyl sites for hydroxylation is 1. The first-order valence-electron chi connectivity index (χ1n) is 14.2. The van der Waals surface area contributed by atoms with E-state index in [2.05, 4.69) is 47.2 Å². The lowest BCUT2D eigenvalue weighted by atomic mass is 9.67. The molecule has 208 valence electrons. The number of piperidine rings is 2. The second-order valence-electron chi connectivity index (χ2n) is 12.2. The zero-order valence-electron chi connectivity index (χ0n) is 22.8. The highest BCUT2D eigenvalue weighted by Crippen LogP contribution is 2.47. The number of benzene rings is 2. The highest BCUT2D eigenvalue weighted by molar-refractivity contribution is 5.98. The van der Waals surface area contributed by atoms with Gasteiger partial charge in [0.05, 0.1) is 5.60 Å². The van der Waals surface area contributed by atoms with Crippen LogP contribution in [0.15, 0.2) is 42.5 Å². The number of aromatic amines is 1. The van der Waals surface area contributed by atoms with Gasteiger partial charge in [0.15, 0.2) is 0 Å². The summed E-state index contributed by atoms with van der Waals surface area (Å²) in [5, 5.41) is 26.3. The van der Waals surface area contributed by atoms with E-state index >= 15 is 0 Å². The van der Waals surface area contributed by atoms with Gasteiger partial charge in [-0.05, 0) is 80.1 Å². The summed E-state index contributed by atoms with van der Waals surface area (Å²) >= 11 is 0. The molecule has 0 aliphatic carbocycles. The van der Waals surface area contributed by atoms with E-state index < -0.39 is 5.60 Å². The fourth-order valence-corrected chi connectivity index (χ4v) is 7.28. The van der Waals surface area contributed by atoms with Crippen molar-refractivity contribution < 1.29 is 19.4 Å². The van der Waals surface area contributed by atoms with Gasteiger partial charge in [0.1, 0.15) is 11.5 Å². The lowest BCUT2D eigenvalue weighted by Gasteiger charge is -2.48. The number of aromatic nitrogens is 1. The fourth-order valence-electron chi connectivity index (χ4n) is 7.28. The zero-order valence-corrected chi connectivity index (χ0v) is 22.8. The summed E-state index contributed by atoms with van der Waals surface area (Å²) in [6, 6.07) is 12.8. The molecule has 39 heavy (non-hydrogen) atoms. The van der Waals surface area contributed by atoms with Gasteiger partial charge in [0, 0.05) is 67.3 Å². The Kier molecular flexibility index (Phi) is 6.68. The number of fused-ring (bicyclic) bond motifs is 3. The third-order valence-corrected chi connectivity index (χ3v) is 9.84. The first kappa shape index (κ1) is 26.3. The van der Waals surface area contributed by atoms with Gasteiger partial charge in [-0.2, -0.15) is 0 Å². The van der Waals surface area contributed by atoms with Gasteiger partial charge < -0.3 is 30.3 Å². The minimum absolute atomic E-state index is 0.0856. The molecule has 0 bridgehead atoms. The maximum atomic E-state index is 13.6. The molecule has 2 aromatic carbocycles. The molecule has 2 fully saturated rings. The summed E-state index contributed by atoms with van der Waals surface area (Å²) in [6.07, 6.45) is 1.89. The van der Waals surface area contributed by atoms with Crippen LogP contribution in [0, 0.1) is 24.6 Å². The van der Waals surface area contributed by atoms with Crippen LogP contribution in [-0.4, -0.2) is 82.4 Å². The average Bonchev–Trinajstić information content (AvgIpc) is 3.51. The van der Waals surface area contributed by atoms with Gasteiger partial charge in [-0.1, -0.05) is 19.1 Å². The summed E-state index contributed by atoms with van der Waals surface area (Å²) < 4.78 is 13.6. The number of nitrogens with zero attached hydrogens (tertiary/aromatic N) is 2. The summed E-state index contributed by atoms with van der Waals surface area (Å²) in [6.45, 7) is 8.65. The number of aliphatic hydroxyl groups excluding tert-OH is 1. The van der Waals surface area contributed by atoms with E-state index in [1.807, 2.05) is 0 Å². The van der Waals surface area contributed by atoms with Crippen molar-refractivity contribution in [2.75, 3.05) is 51.2 Å². The third-order valence-electron chi connectivity index (χ3n) is 9.84. The minimum atomic E-state index is -1.02. The molecule has 1 amide bonds. The van der Waals surface area contributed by atoms with Crippen molar-refractivity contribution in [3.05, 3.63) is 65.1 Å². The Morgan fingerprint density at radius 1 is 1.13 bits per heavy atom. The van der Waals surface area contributed by atoms with Crippen LogP contribution in [-0.2, 0) is 5.41 Å². The average molecular weight is 535 g/mol. The number of hydrogen-bond acceptors (Lipinski definition) is 5. The normalized spacial score (nSPS) is 25.6. The number of carbonyl (C=O) groups excluding carboxylic acids is 1. The van der Waals surface area contributed by atoms with Crippen LogP contribution in [0.25, 0.3) is 10.9 Å². The number of halogens is 1. The van der Waals surface area contributed by atoms with E-state index in [0.29, 0.717) is 49.5 Å². The third kappa shape index (κ3) is 4.62. The molecule has 3 aliphatic rings. The first-order chi connectivity index (χ1) is 18.7. The number of aliphatic hydroxyl groups is 2. The quantitative estimate of drug-likeness (QED) is 0.399. The van der Waals surface area contributed by atoms with Crippen LogP contribution >= 0.6 is 0 Å². The Morgan fingerprint density at radius 3 is 2.67 bits per heavy atom. The van der Waals surface area contributed by atoms with Crippen molar-refractivity contribution in [3.63, 3.8) is 0 Å². The highest BCUT2D eigenvalue weighted by atomic mass is 19.1. The van der Waals surface area contributed by atoms with Gasteiger partial charge in [0.2, 0.25) is 0 Å². The van der Waals surface area contributed by atoms with E-state index in [0.717, 1.165) is 31.6 Å². The Labute approximate surface area is 229 Å². The molecule has 3 unspecified atom stereocenters. The highest BCUT2D eigenvalue weighted by Gasteiger charge is 2.48. The van der Waals surface area contributed by atoms with Crippen LogP contribution in [0.5, 0.6) is 0 Å². The smallest absolute Gasteiger partial charge is 0.270 e. The summed E-state index contributed by atoms with van der Waals surface area (Å²) in [7, 11) is 0. The van der Waals surface area contributed by atoms with Crippen molar-refractivity contribution in [2.45, 2.75) is 44.1 Å². The number of nitrogens with one attached hydrogen (secondary N) is 2. The molecule has 1 spiro atoms. The van der Waals surface area contributed by atoms with E-state index in [9.17, 15) is 19.4 Å². The van der Waals surface area contributed by atoms with Crippen LogP contribution in [0.4, 0.5) is 10.1 Å². The van der Waals surface area contributed by atoms with E-state index in [-0.39, 0.29) is 29.7 Å². The number of likely N-dealkylation sites (tertiary alicyclic amines) is 2. The van der Waals surface area contributed by atoms with Crippen molar-refractivity contribution in [1.29, 1.82) is 0 Å². The first-order valence-corrected chi connectivity index (χ1v) is 14.2. The Bertz CT molecular complexity index is 1380. The molecule has 0 saturated carbocycles. The lowest BCUT2D eigenvalue weighted by Crippen LogP contribution is -2.56. The largest absolute Gasteiger partial charge is 0.396 e. The molecule has 3 atom stereocenters. The number of carbonyl (C=O) groups is 1. The SMILES string of the molecule is Cc1ccc2c(c1)NCC21CCN(CC(CO)C2(O)CCN(C(=O)c3cc4cc(F)ccc4[nH]3)CC2)CC1C. The molecule has 7 nitrogen and oxygen atoms in total. The minimum Gasteiger partial charge on any atom is -0.396 e. The predicted octanol–water partition coefficient (Wildman–Crippen LogP) is 3.90. The lowest BCUT2D eigenvalue weighted by molar-refractivity contribution is -0.0891. The molecule has 6 rings (SSSR count). The topological polar surface area (TPSA) is 91.8 Å². The molecule has 4 N–H and O–H groups in total. The van der Waals surface area contributed by atoms with Gasteiger partial charge in [-0.15, -0.1) is 0 Å². The van der Waals surface area contributed by atoms with Crippen molar-refractivity contribution in [2.24, 2.45) is 11.8 Å². The molecule has 2 saturated heterocycles. The summed E-state index contributed by atoms with van der Waals surface area (Å²) in [5.41, 5.74) is 4.21. The Hall–Kier alpha value is -2.94. The molecule has 0 radical (unpaired) electrons. The molecule has 3 aliphatic heterocycles. The number of amides is 1. The Balaban J connectivity index is 1.08. The predicted molar refractivity (Wildman–Crippen MR) is 150 cm³/mol. The Morgan fingerprint density at radius 2 is 1.92 bits per heavy atom. The fraction of sp³-hybridized carbons (Fsp3) is 0.516. The monoisotopic (exact) mass is 534 g/mol. The van der Waals surface area contributed by atoms with Gasteiger partial charge in [0.25, 0.3) is 5.91 Å². The van der Waals surface area contributed by atoms with Crippen molar-refractivity contribution in [1.82, 2.24) is 14.8 Å². The number of hydrogen-bond donors (Lipinski definition) is 4. The standard InChI is InChI=1S/C31H39FN4O3/c1-20-3-5-25-27(13-20)33-19-30(25)7-10-35(16-21(30)2)17-23(18-37)31(39)8-11-36(12-9-31)29(38)28-15-22-14-24(32)4-6-26(22)34-28/h3-6,13-15,21,23,33-34,37,39H,7-12,16-19H2,1-2H3. The van der Waals surface area contributed by atoms with Gasteiger partial charge in [-0.25, -0.2) is 4.39 Å². The van der Waals surface area contributed by atoms with Crippen LogP contribution in [0.1, 0.15) is 47.8 Å². The van der Waals surface area contributed by atoms with Crippen molar-refractivity contribution in [3.8, 4) is 0 Å². The van der Waals surface area contributed by atoms with E-state index in [4.69, 9.17) is 0 Å². The van der Waals surface area contributed by atoms with E-state index in [1.54, 1.807) is 17.0 Å². The summed E-state index contributed by atoms with van der Waals surface area (Å²) in [5.74, 6) is -0.314. The molecule has 8 heteroatoms.